The van der Waals surface area contributed by atoms with Gasteiger partial charge in [-0.25, -0.2) is 0 Å². The zero-order chi connectivity index (χ0) is 16.2. The molecular formula is C17H19NO4. The Balaban J connectivity index is 2.67. The standard InChI is InChI=1S/C17H19NO4/c1-20-15-10-5-4-9-14(15)17(21-2,22-3)13-8-6-7-12(11-13)16(18)19/h4-11H,1-3H3,(H2,18,19). The van der Waals surface area contributed by atoms with Crippen LogP contribution in [0.1, 0.15) is 21.5 Å². The molecule has 0 unspecified atom stereocenters. The second-order valence-electron chi connectivity index (χ2n) is 4.67. The zero-order valence-electron chi connectivity index (χ0n) is 12.8. The molecule has 0 saturated carbocycles. The van der Waals surface area contributed by atoms with E-state index in [4.69, 9.17) is 19.9 Å². The summed E-state index contributed by atoms with van der Waals surface area (Å²) >= 11 is 0. The third-order valence-corrected chi connectivity index (χ3v) is 3.56. The topological polar surface area (TPSA) is 70.8 Å². The van der Waals surface area contributed by atoms with Crippen LogP contribution >= 0.6 is 0 Å². The van der Waals surface area contributed by atoms with Crippen molar-refractivity contribution in [3.8, 4) is 5.75 Å². The van der Waals surface area contributed by atoms with Gasteiger partial charge in [0.1, 0.15) is 5.75 Å². The first-order valence-corrected chi connectivity index (χ1v) is 6.73. The summed E-state index contributed by atoms with van der Waals surface area (Å²) in [7, 11) is 4.65. The molecule has 0 bridgehead atoms. The lowest BCUT2D eigenvalue weighted by Gasteiger charge is -2.33. The number of hydrogen-bond acceptors (Lipinski definition) is 4. The van der Waals surface area contributed by atoms with Crippen molar-refractivity contribution in [2.45, 2.75) is 5.79 Å². The molecule has 0 spiro atoms. The van der Waals surface area contributed by atoms with Gasteiger partial charge in [0.2, 0.25) is 11.7 Å². The number of carbonyl (C=O) groups excluding carboxylic acids is 1. The number of primary amides is 1. The van der Waals surface area contributed by atoms with Gasteiger partial charge in [0.15, 0.2) is 0 Å². The maximum atomic E-state index is 11.4. The van der Waals surface area contributed by atoms with Crippen molar-refractivity contribution in [2.75, 3.05) is 21.3 Å². The summed E-state index contributed by atoms with van der Waals surface area (Å²) in [6.45, 7) is 0. The number of carbonyl (C=O) groups is 1. The van der Waals surface area contributed by atoms with Crippen molar-refractivity contribution in [1.82, 2.24) is 0 Å². The number of benzene rings is 2. The van der Waals surface area contributed by atoms with E-state index < -0.39 is 11.7 Å². The van der Waals surface area contributed by atoms with Crippen LogP contribution < -0.4 is 10.5 Å². The Morgan fingerprint density at radius 3 is 2.27 bits per heavy atom. The molecule has 0 heterocycles. The van der Waals surface area contributed by atoms with Crippen LogP contribution in [0.15, 0.2) is 48.5 Å². The Hall–Kier alpha value is -2.37. The lowest BCUT2D eigenvalue weighted by molar-refractivity contribution is -0.184. The fraction of sp³-hybridized carbons (Fsp3) is 0.235. The number of rotatable bonds is 6. The quantitative estimate of drug-likeness (QED) is 0.831. The van der Waals surface area contributed by atoms with E-state index in [-0.39, 0.29) is 0 Å². The minimum atomic E-state index is -1.20. The number of hydrogen-bond donors (Lipinski definition) is 1. The Bertz CT molecular complexity index is 665. The van der Waals surface area contributed by atoms with Crippen LogP contribution in [0.3, 0.4) is 0 Å². The van der Waals surface area contributed by atoms with Gasteiger partial charge in [-0.3, -0.25) is 4.79 Å². The smallest absolute Gasteiger partial charge is 0.248 e. The number of amides is 1. The summed E-state index contributed by atoms with van der Waals surface area (Å²) in [5.41, 5.74) is 7.09. The Morgan fingerprint density at radius 1 is 1.00 bits per heavy atom. The highest BCUT2D eigenvalue weighted by Gasteiger charge is 2.37. The number of methoxy groups -OCH3 is 3. The van der Waals surface area contributed by atoms with E-state index in [1.54, 1.807) is 25.3 Å². The van der Waals surface area contributed by atoms with Crippen LogP contribution in [0.25, 0.3) is 0 Å². The fourth-order valence-electron chi connectivity index (χ4n) is 2.49. The van der Waals surface area contributed by atoms with E-state index in [9.17, 15) is 4.79 Å². The van der Waals surface area contributed by atoms with Crippen LogP contribution in [0.2, 0.25) is 0 Å². The SMILES string of the molecule is COc1ccccc1C(OC)(OC)c1cccc(C(N)=O)c1. The Labute approximate surface area is 129 Å². The third-order valence-electron chi connectivity index (χ3n) is 3.56. The van der Waals surface area contributed by atoms with Gasteiger partial charge >= 0.3 is 0 Å². The molecule has 0 radical (unpaired) electrons. The molecule has 0 aliphatic heterocycles. The molecule has 0 aliphatic rings. The van der Waals surface area contributed by atoms with Crippen molar-refractivity contribution in [2.24, 2.45) is 5.73 Å². The van der Waals surface area contributed by atoms with E-state index in [1.165, 1.54) is 14.2 Å². The van der Waals surface area contributed by atoms with Gasteiger partial charge in [0.05, 0.1) is 12.7 Å². The molecule has 2 aromatic carbocycles. The first kappa shape index (κ1) is 16.0. The highest BCUT2D eigenvalue weighted by atomic mass is 16.7. The molecule has 0 saturated heterocycles. The largest absolute Gasteiger partial charge is 0.496 e. The van der Waals surface area contributed by atoms with Gasteiger partial charge in [-0.1, -0.05) is 24.3 Å². The first-order valence-electron chi connectivity index (χ1n) is 6.73. The van der Waals surface area contributed by atoms with Crippen molar-refractivity contribution in [3.05, 3.63) is 65.2 Å². The molecular weight excluding hydrogens is 282 g/mol. The molecule has 22 heavy (non-hydrogen) atoms. The lowest BCUT2D eigenvalue weighted by Crippen LogP contribution is -2.33. The predicted molar refractivity (Wildman–Crippen MR) is 82.8 cm³/mol. The van der Waals surface area contributed by atoms with Gasteiger partial charge in [0, 0.05) is 25.3 Å². The zero-order valence-corrected chi connectivity index (χ0v) is 12.8. The normalized spacial score (nSPS) is 11.2. The molecule has 5 nitrogen and oxygen atoms in total. The number of nitrogens with two attached hydrogens (primary N) is 1. The van der Waals surface area contributed by atoms with Gasteiger partial charge < -0.3 is 19.9 Å². The van der Waals surface area contributed by atoms with Crippen LogP contribution in [0.4, 0.5) is 0 Å². The maximum Gasteiger partial charge on any atom is 0.248 e. The summed E-state index contributed by atoms with van der Waals surface area (Å²) in [6.07, 6.45) is 0. The average Bonchev–Trinajstić information content (AvgIpc) is 2.57. The second kappa shape index (κ2) is 6.60. The van der Waals surface area contributed by atoms with Crippen molar-refractivity contribution in [1.29, 1.82) is 0 Å². The molecule has 1 amide bonds. The summed E-state index contributed by atoms with van der Waals surface area (Å²) in [5, 5.41) is 0. The highest BCUT2D eigenvalue weighted by molar-refractivity contribution is 5.93. The van der Waals surface area contributed by atoms with Crippen molar-refractivity contribution < 1.29 is 19.0 Å². The number of ether oxygens (including phenoxy) is 3. The summed E-state index contributed by atoms with van der Waals surface area (Å²) in [4.78, 5) is 11.4. The molecule has 0 fully saturated rings. The molecule has 116 valence electrons. The van der Waals surface area contributed by atoms with E-state index in [0.717, 1.165) is 0 Å². The number of para-hydroxylation sites is 1. The lowest BCUT2D eigenvalue weighted by atomic mass is 9.94. The molecule has 2 aromatic rings. The monoisotopic (exact) mass is 301 g/mol. The summed E-state index contributed by atoms with van der Waals surface area (Å²) < 4.78 is 16.8. The van der Waals surface area contributed by atoms with Crippen LogP contribution in [-0.2, 0) is 15.3 Å². The van der Waals surface area contributed by atoms with Crippen molar-refractivity contribution in [3.63, 3.8) is 0 Å². The summed E-state index contributed by atoms with van der Waals surface area (Å²) in [5.74, 6) is -1.09. The van der Waals surface area contributed by atoms with E-state index in [1.807, 2.05) is 30.3 Å². The van der Waals surface area contributed by atoms with Gasteiger partial charge in [0.25, 0.3) is 0 Å². The molecule has 0 aliphatic carbocycles. The highest BCUT2D eigenvalue weighted by Crippen LogP contribution is 2.39. The maximum absolute atomic E-state index is 11.4. The van der Waals surface area contributed by atoms with E-state index >= 15 is 0 Å². The molecule has 2 rings (SSSR count). The Morgan fingerprint density at radius 2 is 1.68 bits per heavy atom. The molecule has 0 atom stereocenters. The molecule has 2 N–H and O–H groups in total. The van der Waals surface area contributed by atoms with Gasteiger partial charge in [-0.05, 0) is 24.3 Å². The molecule has 0 aromatic heterocycles. The first-order chi connectivity index (χ1) is 10.6. The minimum Gasteiger partial charge on any atom is -0.496 e. The van der Waals surface area contributed by atoms with Crippen LogP contribution in [-0.4, -0.2) is 27.2 Å². The van der Waals surface area contributed by atoms with Crippen LogP contribution in [0, 0.1) is 0 Å². The van der Waals surface area contributed by atoms with Gasteiger partial charge in [-0.15, -0.1) is 0 Å². The summed E-state index contributed by atoms with van der Waals surface area (Å²) in [6, 6.07) is 14.2. The van der Waals surface area contributed by atoms with Gasteiger partial charge in [-0.2, -0.15) is 0 Å². The fourth-order valence-corrected chi connectivity index (χ4v) is 2.49. The van der Waals surface area contributed by atoms with Crippen LogP contribution in [0.5, 0.6) is 5.75 Å². The Kier molecular flexibility index (Phi) is 4.80. The third kappa shape index (κ3) is 2.68. The van der Waals surface area contributed by atoms with E-state index in [2.05, 4.69) is 0 Å². The predicted octanol–water partition coefficient (Wildman–Crippen LogP) is 2.29. The second-order valence-corrected chi connectivity index (χ2v) is 4.67. The van der Waals surface area contributed by atoms with Crippen molar-refractivity contribution >= 4 is 5.91 Å². The van der Waals surface area contributed by atoms with E-state index in [0.29, 0.717) is 22.4 Å². The minimum absolute atomic E-state index is 0.380. The average molecular weight is 301 g/mol. The molecule has 5 heteroatoms.